The van der Waals surface area contributed by atoms with E-state index in [2.05, 4.69) is 4.98 Å². The molecule has 0 radical (unpaired) electrons. The summed E-state index contributed by atoms with van der Waals surface area (Å²) in [4.78, 5) is 4.15. The molecule has 1 aromatic heterocycles. The van der Waals surface area contributed by atoms with Gasteiger partial charge in [-0.2, -0.15) is 0 Å². The molecule has 2 N–H and O–H groups in total. The van der Waals surface area contributed by atoms with Gasteiger partial charge in [0.2, 0.25) is 5.88 Å². The number of benzene rings is 1. The first-order valence-electron chi connectivity index (χ1n) is 5.74. The minimum Gasteiger partial charge on any atom is -0.473 e. The first-order chi connectivity index (χ1) is 8.66. The minimum atomic E-state index is -0.0318. The number of pyridine rings is 1. The Morgan fingerprint density at radius 1 is 1.33 bits per heavy atom. The number of nitrogens with two attached hydrogens (primary N) is 1. The van der Waals surface area contributed by atoms with Crippen molar-refractivity contribution in [3.63, 3.8) is 0 Å². The topological polar surface area (TPSA) is 48.1 Å². The van der Waals surface area contributed by atoms with Crippen molar-refractivity contribution in [2.24, 2.45) is 5.73 Å². The van der Waals surface area contributed by atoms with Gasteiger partial charge >= 0.3 is 0 Å². The molecule has 3 nitrogen and oxygen atoms in total. The smallest absolute Gasteiger partial charge is 0.213 e. The molecular weight excluding hydrogens is 248 g/mol. The second kappa shape index (κ2) is 5.85. The van der Waals surface area contributed by atoms with Gasteiger partial charge in [-0.05, 0) is 24.6 Å². The summed E-state index contributed by atoms with van der Waals surface area (Å²) < 4.78 is 5.61. The maximum absolute atomic E-state index is 6.05. The van der Waals surface area contributed by atoms with Crippen LogP contribution in [0, 0.1) is 0 Å². The Bertz CT molecular complexity index is 529. The molecule has 0 amide bonds. The van der Waals surface area contributed by atoms with Gasteiger partial charge in [-0.15, -0.1) is 0 Å². The third-order valence-corrected chi connectivity index (χ3v) is 2.99. The number of ether oxygens (including phenoxy) is 1. The predicted molar refractivity (Wildman–Crippen MR) is 72.6 cm³/mol. The number of rotatable bonds is 4. The van der Waals surface area contributed by atoms with Gasteiger partial charge in [0, 0.05) is 28.9 Å². The van der Waals surface area contributed by atoms with Crippen molar-refractivity contribution in [1.29, 1.82) is 0 Å². The number of hydrogen-bond donors (Lipinski definition) is 1. The third-order valence-electron chi connectivity index (χ3n) is 2.62. The summed E-state index contributed by atoms with van der Waals surface area (Å²) >= 11 is 6.05. The highest BCUT2D eigenvalue weighted by Crippen LogP contribution is 2.19. The van der Waals surface area contributed by atoms with Crippen molar-refractivity contribution >= 4 is 11.6 Å². The molecule has 0 fully saturated rings. The second-order valence-corrected chi connectivity index (χ2v) is 4.50. The molecule has 0 aliphatic rings. The van der Waals surface area contributed by atoms with Gasteiger partial charge < -0.3 is 10.5 Å². The molecule has 2 aromatic rings. The van der Waals surface area contributed by atoms with Gasteiger partial charge in [0.15, 0.2) is 0 Å². The normalized spacial score (nSPS) is 12.2. The molecule has 1 heterocycles. The van der Waals surface area contributed by atoms with Crippen molar-refractivity contribution in [1.82, 2.24) is 4.98 Å². The number of hydrogen-bond acceptors (Lipinski definition) is 3. The predicted octanol–water partition coefficient (Wildman–Crippen LogP) is 3.33. The van der Waals surface area contributed by atoms with Crippen molar-refractivity contribution in [3.05, 3.63) is 58.7 Å². The Kier molecular flexibility index (Phi) is 4.18. The lowest BCUT2D eigenvalue weighted by molar-refractivity contribution is 0.293. The molecule has 0 aliphatic carbocycles. The SMILES string of the molecule is C[C@@H](N)c1ccnc(OCc2ccccc2Cl)c1. The number of nitrogens with zero attached hydrogens (tertiary/aromatic N) is 1. The zero-order valence-corrected chi connectivity index (χ0v) is 10.9. The first kappa shape index (κ1) is 12.9. The zero-order chi connectivity index (χ0) is 13.0. The van der Waals surface area contributed by atoms with Gasteiger partial charge in [0.1, 0.15) is 6.61 Å². The lowest BCUT2D eigenvalue weighted by Crippen LogP contribution is -2.06. The molecule has 0 unspecified atom stereocenters. The lowest BCUT2D eigenvalue weighted by atomic mass is 10.1. The van der Waals surface area contributed by atoms with Gasteiger partial charge in [-0.25, -0.2) is 4.98 Å². The fourth-order valence-electron chi connectivity index (χ4n) is 1.55. The molecule has 0 spiro atoms. The second-order valence-electron chi connectivity index (χ2n) is 4.10. The fraction of sp³-hybridized carbons (Fsp3) is 0.214. The Morgan fingerprint density at radius 2 is 2.11 bits per heavy atom. The first-order valence-corrected chi connectivity index (χ1v) is 6.12. The summed E-state index contributed by atoms with van der Waals surface area (Å²) in [5.74, 6) is 0.560. The summed E-state index contributed by atoms with van der Waals surface area (Å²) in [7, 11) is 0. The Balaban J connectivity index is 2.07. The summed E-state index contributed by atoms with van der Waals surface area (Å²) in [6.07, 6.45) is 1.70. The summed E-state index contributed by atoms with van der Waals surface area (Å²) in [5, 5.41) is 0.695. The minimum absolute atomic E-state index is 0.0318. The highest BCUT2D eigenvalue weighted by molar-refractivity contribution is 6.31. The monoisotopic (exact) mass is 262 g/mol. The molecule has 0 bridgehead atoms. The van der Waals surface area contributed by atoms with E-state index in [4.69, 9.17) is 22.1 Å². The van der Waals surface area contributed by atoms with E-state index in [0.717, 1.165) is 11.1 Å². The van der Waals surface area contributed by atoms with Crippen LogP contribution in [0.4, 0.5) is 0 Å². The lowest BCUT2D eigenvalue weighted by Gasteiger charge is -2.09. The Labute approximate surface area is 112 Å². The summed E-state index contributed by atoms with van der Waals surface area (Å²) in [6.45, 7) is 2.32. The van der Waals surface area contributed by atoms with Crippen LogP contribution in [-0.2, 0) is 6.61 Å². The van der Waals surface area contributed by atoms with Crippen molar-refractivity contribution in [2.75, 3.05) is 0 Å². The fourth-order valence-corrected chi connectivity index (χ4v) is 1.74. The van der Waals surface area contributed by atoms with Crippen LogP contribution in [-0.4, -0.2) is 4.98 Å². The molecule has 2 rings (SSSR count). The Hall–Kier alpha value is -1.58. The highest BCUT2D eigenvalue weighted by atomic mass is 35.5. The van der Waals surface area contributed by atoms with Crippen LogP contribution in [0.2, 0.25) is 5.02 Å². The van der Waals surface area contributed by atoms with Crippen LogP contribution in [0.3, 0.4) is 0 Å². The van der Waals surface area contributed by atoms with Gasteiger partial charge in [0.25, 0.3) is 0 Å². The van der Waals surface area contributed by atoms with Crippen molar-refractivity contribution in [3.8, 4) is 5.88 Å². The van der Waals surface area contributed by atoms with Gasteiger partial charge in [-0.3, -0.25) is 0 Å². The van der Waals surface area contributed by atoms with Crippen LogP contribution < -0.4 is 10.5 Å². The van der Waals surface area contributed by atoms with Crippen LogP contribution in [0.25, 0.3) is 0 Å². The van der Waals surface area contributed by atoms with E-state index < -0.39 is 0 Å². The summed E-state index contributed by atoms with van der Waals surface area (Å²) in [5.41, 5.74) is 7.75. The third kappa shape index (κ3) is 3.22. The van der Waals surface area contributed by atoms with Crippen LogP contribution >= 0.6 is 11.6 Å². The molecule has 94 valence electrons. The molecule has 18 heavy (non-hydrogen) atoms. The molecule has 1 aromatic carbocycles. The zero-order valence-electron chi connectivity index (χ0n) is 10.1. The van der Waals surface area contributed by atoms with Crippen molar-refractivity contribution < 1.29 is 4.74 Å². The standard InChI is InChI=1S/C14H15ClN2O/c1-10(16)11-6-7-17-14(8-11)18-9-12-4-2-3-5-13(12)15/h2-8,10H,9,16H2,1H3/t10-/m1/s1. The Morgan fingerprint density at radius 3 is 2.83 bits per heavy atom. The summed E-state index contributed by atoms with van der Waals surface area (Å²) in [6, 6.07) is 11.3. The molecule has 0 saturated carbocycles. The van der Waals surface area contributed by atoms with E-state index in [1.54, 1.807) is 6.20 Å². The van der Waals surface area contributed by atoms with E-state index in [1.165, 1.54) is 0 Å². The molecule has 1 atom stereocenters. The molecular formula is C14H15ClN2O. The number of aromatic nitrogens is 1. The van der Waals surface area contributed by atoms with Crippen molar-refractivity contribution in [2.45, 2.75) is 19.6 Å². The average Bonchev–Trinajstić information content (AvgIpc) is 2.38. The van der Waals surface area contributed by atoms with E-state index >= 15 is 0 Å². The largest absolute Gasteiger partial charge is 0.473 e. The maximum atomic E-state index is 6.05. The van der Waals surface area contributed by atoms with Crippen LogP contribution in [0.5, 0.6) is 5.88 Å². The van der Waals surface area contributed by atoms with E-state index in [1.807, 2.05) is 43.3 Å². The maximum Gasteiger partial charge on any atom is 0.213 e. The van der Waals surface area contributed by atoms with E-state index in [9.17, 15) is 0 Å². The molecule has 0 aliphatic heterocycles. The molecule has 4 heteroatoms. The number of halogens is 1. The van der Waals surface area contributed by atoms with E-state index in [0.29, 0.717) is 17.5 Å². The van der Waals surface area contributed by atoms with Crippen LogP contribution in [0.15, 0.2) is 42.6 Å². The van der Waals surface area contributed by atoms with E-state index in [-0.39, 0.29) is 6.04 Å². The highest BCUT2D eigenvalue weighted by Gasteiger charge is 2.04. The quantitative estimate of drug-likeness (QED) is 0.919. The van der Waals surface area contributed by atoms with Gasteiger partial charge in [-0.1, -0.05) is 29.8 Å². The van der Waals surface area contributed by atoms with Crippen LogP contribution in [0.1, 0.15) is 24.1 Å². The average molecular weight is 263 g/mol. The molecule has 0 saturated heterocycles. The van der Waals surface area contributed by atoms with Gasteiger partial charge in [0.05, 0.1) is 0 Å².